The molecule has 0 aliphatic carbocycles. The first-order chi connectivity index (χ1) is 9.96. The topological polar surface area (TPSA) is 40.5 Å². The van der Waals surface area contributed by atoms with Gasteiger partial charge in [-0.15, -0.1) is 11.8 Å². The molecule has 1 unspecified atom stereocenters. The second-order valence-electron chi connectivity index (χ2n) is 5.78. The molecule has 1 fully saturated rings. The first-order valence-electron chi connectivity index (χ1n) is 7.35. The number of rotatable bonds is 4. The molecule has 21 heavy (non-hydrogen) atoms. The van der Waals surface area contributed by atoms with Gasteiger partial charge in [0.05, 0.1) is 5.60 Å². The molecule has 1 aliphatic heterocycles. The molecule has 1 aliphatic rings. The van der Waals surface area contributed by atoms with Gasteiger partial charge in [-0.25, -0.2) is 4.39 Å². The van der Waals surface area contributed by atoms with Crippen molar-refractivity contribution in [2.75, 3.05) is 18.8 Å². The van der Waals surface area contributed by atoms with Gasteiger partial charge in [-0.1, -0.05) is 0 Å². The summed E-state index contributed by atoms with van der Waals surface area (Å²) in [5, 5.41) is 10.0. The maximum atomic E-state index is 12.8. The fraction of sp³-hybridized carbons (Fsp3) is 0.562. The van der Waals surface area contributed by atoms with E-state index in [9.17, 15) is 14.3 Å². The van der Waals surface area contributed by atoms with Crippen LogP contribution in [0.15, 0.2) is 29.2 Å². The predicted molar refractivity (Wildman–Crippen MR) is 82.8 cm³/mol. The minimum atomic E-state index is -0.641. The smallest absolute Gasteiger partial charge is 0.223 e. The van der Waals surface area contributed by atoms with E-state index < -0.39 is 5.60 Å². The Morgan fingerprint density at radius 1 is 1.33 bits per heavy atom. The molecule has 1 saturated heterocycles. The quantitative estimate of drug-likeness (QED) is 0.869. The third-order valence-corrected chi connectivity index (χ3v) is 4.83. The average molecular weight is 311 g/mol. The van der Waals surface area contributed by atoms with Gasteiger partial charge in [0.15, 0.2) is 0 Å². The van der Waals surface area contributed by atoms with E-state index in [-0.39, 0.29) is 11.7 Å². The minimum Gasteiger partial charge on any atom is -0.390 e. The molecule has 0 spiro atoms. The Labute approximate surface area is 129 Å². The van der Waals surface area contributed by atoms with Gasteiger partial charge in [0.2, 0.25) is 5.91 Å². The summed E-state index contributed by atoms with van der Waals surface area (Å²) in [6.45, 7) is 3.20. The number of benzene rings is 1. The summed E-state index contributed by atoms with van der Waals surface area (Å²) in [6, 6.07) is 6.32. The molecule has 1 heterocycles. The molecule has 1 aromatic rings. The Kier molecular flexibility index (Phi) is 5.65. The van der Waals surface area contributed by atoms with Crippen LogP contribution in [0.2, 0.25) is 0 Å². The van der Waals surface area contributed by atoms with Crippen LogP contribution in [0.5, 0.6) is 0 Å². The Bertz CT molecular complexity index is 476. The Hall–Kier alpha value is -1.07. The van der Waals surface area contributed by atoms with Gasteiger partial charge in [0.25, 0.3) is 0 Å². The van der Waals surface area contributed by atoms with Gasteiger partial charge in [-0.2, -0.15) is 0 Å². The average Bonchev–Trinajstić information content (AvgIpc) is 2.62. The number of likely N-dealkylation sites (tertiary alicyclic amines) is 1. The number of amides is 1. The van der Waals surface area contributed by atoms with Gasteiger partial charge in [-0.3, -0.25) is 4.79 Å². The maximum Gasteiger partial charge on any atom is 0.223 e. The molecule has 3 nitrogen and oxygen atoms in total. The van der Waals surface area contributed by atoms with Crippen molar-refractivity contribution in [2.45, 2.75) is 43.1 Å². The minimum absolute atomic E-state index is 0.141. The monoisotopic (exact) mass is 311 g/mol. The zero-order chi connectivity index (χ0) is 15.3. The molecule has 0 aromatic heterocycles. The van der Waals surface area contributed by atoms with Crippen molar-refractivity contribution in [3.05, 3.63) is 30.1 Å². The summed E-state index contributed by atoms with van der Waals surface area (Å²) in [5.41, 5.74) is -0.641. The maximum absolute atomic E-state index is 12.8. The van der Waals surface area contributed by atoms with Gasteiger partial charge in [-0.05, 0) is 50.5 Å². The van der Waals surface area contributed by atoms with E-state index in [4.69, 9.17) is 0 Å². The van der Waals surface area contributed by atoms with Crippen molar-refractivity contribution in [2.24, 2.45) is 0 Å². The molecule has 5 heteroatoms. The third kappa shape index (κ3) is 5.32. The number of thioether (sulfide) groups is 1. The second kappa shape index (κ2) is 7.27. The number of carbonyl (C=O) groups is 1. The van der Waals surface area contributed by atoms with Crippen LogP contribution in [-0.4, -0.2) is 40.4 Å². The standard InChI is InChI=1S/C16H22FNO2S/c1-16(20)8-2-10-18(11-9-16)15(19)7-12-21-14-5-3-13(17)4-6-14/h3-6,20H,2,7-12H2,1H3. The van der Waals surface area contributed by atoms with Crippen molar-refractivity contribution < 1.29 is 14.3 Å². The molecule has 2 rings (SSSR count). The lowest BCUT2D eigenvalue weighted by Crippen LogP contribution is -2.33. The lowest BCUT2D eigenvalue weighted by molar-refractivity contribution is -0.130. The summed E-state index contributed by atoms with van der Waals surface area (Å²) in [6.07, 6.45) is 2.72. The van der Waals surface area contributed by atoms with Gasteiger partial charge < -0.3 is 10.0 Å². The van der Waals surface area contributed by atoms with Crippen molar-refractivity contribution in [1.82, 2.24) is 4.90 Å². The molecule has 1 aromatic carbocycles. The van der Waals surface area contributed by atoms with Crippen molar-refractivity contribution in [3.8, 4) is 0 Å². The predicted octanol–water partition coefficient (Wildman–Crippen LogP) is 3.07. The molecule has 1 amide bonds. The van der Waals surface area contributed by atoms with E-state index in [1.54, 1.807) is 23.9 Å². The largest absolute Gasteiger partial charge is 0.390 e. The fourth-order valence-corrected chi connectivity index (χ4v) is 3.30. The van der Waals surface area contributed by atoms with E-state index in [1.807, 2.05) is 11.8 Å². The van der Waals surface area contributed by atoms with E-state index in [2.05, 4.69) is 0 Å². The van der Waals surface area contributed by atoms with E-state index in [1.165, 1.54) is 12.1 Å². The molecule has 0 saturated carbocycles. The highest BCUT2D eigenvalue weighted by Gasteiger charge is 2.26. The fourth-order valence-electron chi connectivity index (χ4n) is 2.46. The first-order valence-corrected chi connectivity index (χ1v) is 8.33. The number of hydrogen-bond acceptors (Lipinski definition) is 3. The SMILES string of the molecule is CC1(O)CCCN(C(=O)CCSc2ccc(F)cc2)CC1. The second-order valence-corrected chi connectivity index (χ2v) is 6.95. The van der Waals surface area contributed by atoms with Gasteiger partial charge in [0, 0.05) is 30.2 Å². The number of carbonyl (C=O) groups excluding carboxylic acids is 1. The highest BCUT2D eigenvalue weighted by molar-refractivity contribution is 7.99. The normalized spacial score (nSPS) is 22.9. The van der Waals surface area contributed by atoms with Gasteiger partial charge >= 0.3 is 0 Å². The van der Waals surface area contributed by atoms with Crippen LogP contribution in [0.25, 0.3) is 0 Å². The van der Waals surface area contributed by atoms with E-state index in [0.29, 0.717) is 25.1 Å². The molecular formula is C16H22FNO2S. The van der Waals surface area contributed by atoms with Crippen LogP contribution < -0.4 is 0 Å². The highest BCUT2D eigenvalue weighted by Crippen LogP contribution is 2.23. The number of halogens is 1. The van der Waals surface area contributed by atoms with Crippen molar-refractivity contribution in [1.29, 1.82) is 0 Å². The van der Waals surface area contributed by atoms with Crippen molar-refractivity contribution in [3.63, 3.8) is 0 Å². The van der Waals surface area contributed by atoms with Gasteiger partial charge in [0.1, 0.15) is 5.82 Å². The van der Waals surface area contributed by atoms with Crippen LogP contribution in [0.1, 0.15) is 32.6 Å². The molecule has 1 N–H and O–H groups in total. The Morgan fingerprint density at radius 2 is 2.05 bits per heavy atom. The summed E-state index contributed by atoms with van der Waals surface area (Å²) < 4.78 is 12.8. The number of aliphatic hydroxyl groups is 1. The zero-order valence-electron chi connectivity index (χ0n) is 12.3. The van der Waals surface area contributed by atoms with Crippen LogP contribution in [-0.2, 0) is 4.79 Å². The van der Waals surface area contributed by atoms with Crippen LogP contribution in [0, 0.1) is 5.82 Å². The molecule has 0 bridgehead atoms. The number of nitrogens with zero attached hydrogens (tertiary/aromatic N) is 1. The molecule has 1 atom stereocenters. The summed E-state index contributed by atoms with van der Waals surface area (Å²) in [5.74, 6) is 0.589. The summed E-state index contributed by atoms with van der Waals surface area (Å²) in [4.78, 5) is 15.0. The molecule has 0 radical (unpaired) electrons. The van der Waals surface area contributed by atoms with E-state index in [0.717, 1.165) is 24.3 Å². The highest BCUT2D eigenvalue weighted by atomic mass is 32.2. The Balaban J connectivity index is 1.75. The number of hydrogen-bond donors (Lipinski definition) is 1. The first kappa shape index (κ1) is 16.3. The molecule has 116 valence electrons. The Morgan fingerprint density at radius 3 is 2.76 bits per heavy atom. The van der Waals surface area contributed by atoms with Crippen LogP contribution in [0.4, 0.5) is 4.39 Å². The van der Waals surface area contributed by atoms with Crippen LogP contribution in [0.3, 0.4) is 0 Å². The molecular weight excluding hydrogens is 289 g/mol. The lowest BCUT2D eigenvalue weighted by atomic mass is 9.98. The van der Waals surface area contributed by atoms with Crippen LogP contribution >= 0.6 is 11.8 Å². The van der Waals surface area contributed by atoms with Crippen molar-refractivity contribution >= 4 is 17.7 Å². The summed E-state index contributed by atoms with van der Waals surface area (Å²) in [7, 11) is 0. The zero-order valence-corrected chi connectivity index (χ0v) is 13.2. The summed E-state index contributed by atoms with van der Waals surface area (Å²) >= 11 is 1.56. The third-order valence-electron chi connectivity index (χ3n) is 3.81. The van der Waals surface area contributed by atoms with E-state index >= 15 is 0 Å². The lowest BCUT2D eigenvalue weighted by Gasteiger charge is -2.22.